The summed E-state index contributed by atoms with van der Waals surface area (Å²) in [6.07, 6.45) is -0.519. The van der Waals surface area contributed by atoms with E-state index in [1.54, 1.807) is 17.0 Å². The summed E-state index contributed by atoms with van der Waals surface area (Å²) >= 11 is 0. The molecule has 0 spiro atoms. The third-order valence-corrected chi connectivity index (χ3v) is 7.75. The van der Waals surface area contributed by atoms with Crippen molar-refractivity contribution in [3.63, 3.8) is 0 Å². The molecule has 1 unspecified atom stereocenters. The molecule has 1 aromatic carbocycles. The highest BCUT2D eigenvalue weighted by Crippen LogP contribution is 2.38. The van der Waals surface area contributed by atoms with Gasteiger partial charge in [0.05, 0.1) is 30.3 Å². The maximum absolute atomic E-state index is 12.1. The van der Waals surface area contributed by atoms with E-state index in [-0.39, 0.29) is 48.8 Å². The van der Waals surface area contributed by atoms with Gasteiger partial charge in [0.2, 0.25) is 5.91 Å². The van der Waals surface area contributed by atoms with Crippen molar-refractivity contribution in [1.82, 2.24) is 15.4 Å². The second-order valence-corrected chi connectivity index (χ2v) is 10.8. The summed E-state index contributed by atoms with van der Waals surface area (Å²) in [7, 11) is 4.44. The molecule has 14 nitrogen and oxygen atoms in total. The first-order valence-corrected chi connectivity index (χ1v) is 14.7. The zero-order valence-electron chi connectivity index (χ0n) is 22.2. The van der Waals surface area contributed by atoms with Crippen molar-refractivity contribution >= 4 is 51.2 Å². The second-order valence-electron chi connectivity index (χ2n) is 8.38. The van der Waals surface area contributed by atoms with Gasteiger partial charge < -0.3 is 19.5 Å². The van der Waals surface area contributed by atoms with Crippen LogP contribution in [0, 0.1) is 10.1 Å². The quantitative estimate of drug-likeness (QED) is 0.0767. The van der Waals surface area contributed by atoms with Gasteiger partial charge in [0.25, 0.3) is 17.5 Å². The van der Waals surface area contributed by atoms with E-state index in [0.717, 1.165) is 11.1 Å². The standard InChI is InChI=1S/C25H28N4O10S2/c1-16(38-25(33)39-28-23(31)8-9-24(28)32)17-14-19(36-2)20(15-18(17)29(34)35)37-12-5-6-21(30)26-11-13-40-41-22-7-3-4-10-27-22/h3-4,7,10,14-16H,5-6,8-9,11-13H2,1-2H3,(H,26,30). The largest absolute Gasteiger partial charge is 0.534 e. The Balaban J connectivity index is 1.48. The topological polar surface area (TPSA) is 176 Å². The van der Waals surface area contributed by atoms with Crippen LogP contribution in [0.3, 0.4) is 0 Å². The zero-order chi connectivity index (χ0) is 29.8. The number of nitrogens with zero attached hydrogens (tertiary/aromatic N) is 3. The van der Waals surface area contributed by atoms with Crippen molar-refractivity contribution in [3.8, 4) is 11.5 Å². The zero-order valence-corrected chi connectivity index (χ0v) is 23.9. The van der Waals surface area contributed by atoms with Gasteiger partial charge in [-0.05, 0) is 42.3 Å². The molecule has 0 aliphatic carbocycles. The highest BCUT2D eigenvalue weighted by molar-refractivity contribution is 8.76. The van der Waals surface area contributed by atoms with Crippen LogP contribution in [-0.4, -0.2) is 64.9 Å². The Hall–Kier alpha value is -4.05. The molecule has 1 atom stereocenters. The number of amides is 3. The van der Waals surface area contributed by atoms with Crippen molar-refractivity contribution in [2.45, 2.75) is 43.7 Å². The van der Waals surface area contributed by atoms with Crippen molar-refractivity contribution in [3.05, 3.63) is 52.2 Å². The molecule has 41 heavy (non-hydrogen) atoms. The number of hydrogen-bond donors (Lipinski definition) is 1. The normalized spacial score (nSPS) is 13.5. The Morgan fingerprint density at radius 2 is 1.95 bits per heavy atom. The van der Waals surface area contributed by atoms with Gasteiger partial charge in [0.1, 0.15) is 11.1 Å². The number of nitro groups is 1. The van der Waals surface area contributed by atoms with Crippen LogP contribution in [0.1, 0.15) is 44.3 Å². The molecule has 0 radical (unpaired) electrons. The maximum atomic E-state index is 12.1. The lowest BCUT2D eigenvalue weighted by Gasteiger charge is -2.18. The second kappa shape index (κ2) is 15.7. The molecule has 2 heterocycles. The fourth-order valence-electron chi connectivity index (χ4n) is 3.52. The molecule has 2 aromatic rings. The summed E-state index contributed by atoms with van der Waals surface area (Å²) in [5.41, 5.74) is -0.457. The van der Waals surface area contributed by atoms with Crippen LogP contribution in [-0.2, 0) is 24.0 Å². The van der Waals surface area contributed by atoms with Crippen LogP contribution >= 0.6 is 21.6 Å². The number of nitro benzene ring substituents is 1. The highest BCUT2D eigenvalue weighted by atomic mass is 33.1. The minimum atomic E-state index is -1.38. The summed E-state index contributed by atoms with van der Waals surface area (Å²) in [4.78, 5) is 67.4. The number of carbonyl (C=O) groups excluding carboxylic acids is 4. The van der Waals surface area contributed by atoms with Gasteiger partial charge in [-0.3, -0.25) is 29.3 Å². The van der Waals surface area contributed by atoms with Gasteiger partial charge in [-0.15, -0.1) is 0 Å². The minimum Gasteiger partial charge on any atom is -0.493 e. The summed E-state index contributed by atoms with van der Waals surface area (Å²) in [5.74, 6) is -0.645. The summed E-state index contributed by atoms with van der Waals surface area (Å²) in [5, 5.41) is 15.8. The smallest absolute Gasteiger partial charge is 0.493 e. The van der Waals surface area contributed by atoms with E-state index in [1.807, 2.05) is 18.2 Å². The predicted octanol–water partition coefficient (Wildman–Crippen LogP) is 3.99. The predicted molar refractivity (Wildman–Crippen MR) is 147 cm³/mol. The number of hydrogen-bond acceptors (Lipinski definition) is 13. The third-order valence-electron chi connectivity index (χ3n) is 5.49. The molecule has 3 amide bonds. The summed E-state index contributed by atoms with van der Waals surface area (Å²) in [6, 6.07) is 8.06. The van der Waals surface area contributed by atoms with Gasteiger partial charge in [-0.25, -0.2) is 9.78 Å². The molecule has 220 valence electrons. The number of rotatable bonds is 15. The van der Waals surface area contributed by atoms with Crippen molar-refractivity contribution in [1.29, 1.82) is 0 Å². The van der Waals surface area contributed by atoms with Crippen LogP contribution < -0.4 is 14.8 Å². The molecule has 1 fully saturated rings. The first-order valence-electron chi connectivity index (χ1n) is 12.4. The molecule has 16 heteroatoms. The molecule has 1 saturated heterocycles. The van der Waals surface area contributed by atoms with Crippen LogP contribution in [0.5, 0.6) is 11.5 Å². The number of hydroxylamine groups is 2. The molecular formula is C25H28N4O10S2. The molecule has 0 bridgehead atoms. The number of benzene rings is 1. The van der Waals surface area contributed by atoms with E-state index in [2.05, 4.69) is 15.1 Å². The Morgan fingerprint density at radius 3 is 2.61 bits per heavy atom. The Morgan fingerprint density at radius 1 is 1.20 bits per heavy atom. The Bertz CT molecular complexity index is 1250. The fourth-order valence-corrected chi connectivity index (χ4v) is 5.30. The molecule has 1 aliphatic rings. The number of aromatic nitrogens is 1. The van der Waals surface area contributed by atoms with E-state index in [9.17, 15) is 29.3 Å². The molecule has 1 N–H and O–H groups in total. The van der Waals surface area contributed by atoms with Gasteiger partial charge in [-0.2, -0.15) is 0 Å². The van der Waals surface area contributed by atoms with Crippen molar-refractivity contribution < 1.29 is 43.1 Å². The summed E-state index contributed by atoms with van der Waals surface area (Å²) < 4.78 is 16.0. The molecule has 3 rings (SSSR count). The van der Waals surface area contributed by atoms with Crippen LogP contribution in [0.4, 0.5) is 10.5 Å². The van der Waals surface area contributed by atoms with Gasteiger partial charge >= 0.3 is 6.16 Å². The van der Waals surface area contributed by atoms with Crippen LogP contribution in [0.2, 0.25) is 0 Å². The lowest BCUT2D eigenvalue weighted by Crippen LogP contribution is -2.32. The maximum Gasteiger partial charge on any atom is 0.534 e. The van der Waals surface area contributed by atoms with Gasteiger partial charge in [0, 0.05) is 37.8 Å². The number of methoxy groups -OCH3 is 1. The number of imide groups is 1. The van der Waals surface area contributed by atoms with Crippen molar-refractivity contribution in [2.75, 3.05) is 26.0 Å². The first-order chi connectivity index (χ1) is 19.7. The van der Waals surface area contributed by atoms with Gasteiger partial charge in [-0.1, -0.05) is 21.9 Å². The van der Waals surface area contributed by atoms with Crippen LogP contribution in [0.15, 0.2) is 41.6 Å². The van der Waals surface area contributed by atoms with E-state index in [4.69, 9.17) is 14.2 Å². The molecular weight excluding hydrogens is 580 g/mol. The monoisotopic (exact) mass is 608 g/mol. The van der Waals surface area contributed by atoms with Crippen LogP contribution in [0.25, 0.3) is 0 Å². The summed E-state index contributed by atoms with van der Waals surface area (Å²) in [6.45, 7) is 1.93. The lowest BCUT2D eigenvalue weighted by atomic mass is 10.1. The number of ether oxygens (including phenoxy) is 3. The molecule has 0 saturated carbocycles. The van der Waals surface area contributed by atoms with Gasteiger partial charge in [0.15, 0.2) is 11.5 Å². The lowest BCUT2D eigenvalue weighted by molar-refractivity contribution is -0.386. The fraction of sp³-hybridized carbons (Fsp3) is 0.400. The number of carbonyl (C=O) groups is 4. The third kappa shape index (κ3) is 9.53. The van der Waals surface area contributed by atoms with Crippen molar-refractivity contribution in [2.24, 2.45) is 0 Å². The van der Waals surface area contributed by atoms with E-state index in [1.165, 1.54) is 30.9 Å². The number of pyridine rings is 1. The SMILES string of the molecule is COc1cc(C(C)OC(=O)ON2C(=O)CCC2=O)c([N+](=O)[O-])cc1OCCCC(=O)NCCSSc1ccccn1. The first kappa shape index (κ1) is 31.5. The van der Waals surface area contributed by atoms with E-state index >= 15 is 0 Å². The van der Waals surface area contributed by atoms with E-state index < -0.39 is 34.7 Å². The Labute approximate surface area is 242 Å². The van der Waals surface area contributed by atoms with E-state index in [0.29, 0.717) is 23.8 Å². The highest BCUT2D eigenvalue weighted by Gasteiger charge is 2.34. The average molecular weight is 609 g/mol. The molecule has 1 aromatic heterocycles. The minimum absolute atomic E-state index is 0.0336. The Kier molecular flexibility index (Phi) is 12.0. The number of nitrogens with one attached hydrogen (secondary N) is 1. The molecule has 1 aliphatic heterocycles. The average Bonchev–Trinajstić information content (AvgIpc) is 3.27.